The van der Waals surface area contributed by atoms with Crippen molar-refractivity contribution in [2.45, 2.75) is 12.8 Å². The zero-order chi connectivity index (χ0) is 13.8. The van der Waals surface area contributed by atoms with Gasteiger partial charge in [-0.2, -0.15) is 0 Å². The molecule has 3 heteroatoms. The molecule has 3 nitrogen and oxygen atoms in total. The van der Waals surface area contributed by atoms with Gasteiger partial charge in [0.1, 0.15) is 12.0 Å². The number of para-hydroxylation sites is 2. The van der Waals surface area contributed by atoms with Crippen molar-refractivity contribution in [2.75, 3.05) is 0 Å². The van der Waals surface area contributed by atoms with Gasteiger partial charge in [0.25, 0.3) is 0 Å². The Balaban J connectivity index is 2.12. The summed E-state index contributed by atoms with van der Waals surface area (Å²) in [6.07, 6.45) is 2.69. The number of hydrogen-bond acceptors (Lipinski definition) is 2. The van der Waals surface area contributed by atoms with Gasteiger partial charge in [-0.3, -0.25) is 0 Å². The van der Waals surface area contributed by atoms with Crippen LogP contribution in [0.2, 0.25) is 0 Å². The predicted molar refractivity (Wildman–Crippen MR) is 80.4 cm³/mol. The van der Waals surface area contributed by atoms with E-state index in [1.807, 2.05) is 60.7 Å². The summed E-state index contributed by atoms with van der Waals surface area (Å²) in [7, 11) is 0. The Kier molecular flexibility index (Phi) is 3.50. The fourth-order valence-electron chi connectivity index (χ4n) is 2.24. The highest BCUT2D eigenvalue weighted by Crippen LogP contribution is 2.23. The highest BCUT2D eigenvalue weighted by atomic mass is 16.5. The van der Waals surface area contributed by atoms with E-state index in [0.717, 1.165) is 17.3 Å². The van der Waals surface area contributed by atoms with Crippen LogP contribution in [0, 0.1) is 0 Å². The van der Waals surface area contributed by atoms with Crippen molar-refractivity contribution in [1.82, 2.24) is 4.58 Å². The van der Waals surface area contributed by atoms with Crippen LogP contribution in [0.25, 0.3) is 0 Å². The molecule has 0 atom stereocenters. The standard InChI is InChI=1S/C17H15NO2/c19-16-11-12-17(20-13-16)18(14-7-3-1-4-8-14)15-9-5-2-6-10-15/h1-10,13H,11-12H2/p+1. The van der Waals surface area contributed by atoms with Crippen molar-refractivity contribution in [3.8, 4) is 0 Å². The lowest BCUT2D eigenvalue weighted by atomic mass is 10.2. The van der Waals surface area contributed by atoms with Gasteiger partial charge in [0.2, 0.25) is 11.4 Å². The molecule has 100 valence electrons. The molecule has 0 unspecified atom stereocenters. The smallest absolute Gasteiger partial charge is 0.353 e. The third-order valence-electron chi connectivity index (χ3n) is 3.20. The third-order valence-corrected chi connectivity index (χ3v) is 3.20. The van der Waals surface area contributed by atoms with E-state index in [1.54, 1.807) is 0 Å². The van der Waals surface area contributed by atoms with Gasteiger partial charge in [-0.05, 0) is 0 Å². The molecular formula is C17H16NO2+. The largest absolute Gasteiger partial charge is 0.509 e. The molecule has 1 aliphatic rings. The first-order valence-corrected chi connectivity index (χ1v) is 6.65. The van der Waals surface area contributed by atoms with E-state index in [9.17, 15) is 5.11 Å². The Hall–Kier alpha value is -2.55. The van der Waals surface area contributed by atoms with Gasteiger partial charge in [-0.1, -0.05) is 36.4 Å². The normalized spacial score (nSPS) is 14.4. The average Bonchev–Trinajstić information content (AvgIpc) is 2.52. The molecule has 0 amide bonds. The van der Waals surface area contributed by atoms with Crippen LogP contribution < -0.4 is 4.58 Å². The third kappa shape index (κ3) is 2.57. The molecule has 0 saturated heterocycles. The molecule has 0 spiro atoms. The number of aliphatic hydroxyl groups is 1. The molecule has 20 heavy (non-hydrogen) atoms. The van der Waals surface area contributed by atoms with Crippen LogP contribution in [0.5, 0.6) is 0 Å². The Morgan fingerprint density at radius 3 is 1.80 bits per heavy atom. The molecule has 0 bridgehead atoms. The van der Waals surface area contributed by atoms with Crippen LogP contribution in [0.4, 0.5) is 11.4 Å². The van der Waals surface area contributed by atoms with Gasteiger partial charge < -0.3 is 9.84 Å². The summed E-state index contributed by atoms with van der Waals surface area (Å²) < 4.78 is 7.66. The zero-order valence-corrected chi connectivity index (χ0v) is 11.1. The van der Waals surface area contributed by atoms with E-state index >= 15 is 0 Å². The van der Waals surface area contributed by atoms with Crippen molar-refractivity contribution < 1.29 is 9.84 Å². The molecule has 1 aliphatic heterocycles. The second kappa shape index (κ2) is 5.61. The first-order chi connectivity index (χ1) is 9.84. The minimum atomic E-state index is 0.287. The first kappa shape index (κ1) is 12.5. The number of aliphatic hydroxyl groups excluding tert-OH is 1. The van der Waals surface area contributed by atoms with E-state index in [2.05, 4.69) is 4.58 Å². The summed E-state index contributed by atoms with van der Waals surface area (Å²) in [5, 5.41) is 9.45. The quantitative estimate of drug-likeness (QED) is 0.829. The summed E-state index contributed by atoms with van der Waals surface area (Å²) in [5.41, 5.74) is 2.09. The molecule has 3 rings (SSSR count). The fraction of sp³-hybridized carbons (Fsp3) is 0.118. The first-order valence-electron chi connectivity index (χ1n) is 6.65. The van der Waals surface area contributed by atoms with Crippen LogP contribution in [-0.4, -0.2) is 11.0 Å². The zero-order valence-electron chi connectivity index (χ0n) is 11.1. The number of allylic oxidation sites excluding steroid dienone is 1. The lowest BCUT2D eigenvalue weighted by Gasteiger charge is -2.12. The maximum absolute atomic E-state index is 9.45. The van der Waals surface area contributed by atoms with Gasteiger partial charge in [0.15, 0.2) is 0 Å². The van der Waals surface area contributed by atoms with Crippen molar-refractivity contribution in [1.29, 1.82) is 0 Å². The van der Waals surface area contributed by atoms with E-state index < -0.39 is 0 Å². The van der Waals surface area contributed by atoms with Gasteiger partial charge in [0, 0.05) is 30.7 Å². The van der Waals surface area contributed by atoms with Gasteiger partial charge in [0.05, 0.1) is 6.42 Å². The van der Waals surface area contributed by atoms with Gasteiger partial charge >= 0.3 is 5.90 Å². The molecule has 0 aliphatic carbocycles. The molecule has 1 heterocycles. The Bertz CT molecular complexity index is 604. The molecule has 0 aromatic heterocycles. The predicted octanol–water partition coefficient (Wildman–Crippen LogP) is 4.13. The summed E-state index contributed by atoms with van der Waals surface area (Å²) in [6.45, 7) is 0. The van der Waals surface area contributed by atoms with E-state index in [-0.39, 0.29) is 5.76 Å². The van der Waals surface area contributed by atoms with Crippen molar-refractivity contribution in [2.24, 2.45) is 0 Å². The monoisotopic (exact) mass is 266 g/mol. The Morgan fingerprint density at radius 2 is 1.35 bits per heavy atom. The highest BCUT2D eigenvalue weighted by molar-refractivity contribution is 5.85. The number of nitrogens with zero attached hydrogens (tertiary/aromatic N) is 1. The van der Waals surface area contributed by atoms with Crippen LogP contribution >= 0.6 is 0 Å². The Labute approximate surface area is 118 Å². The second-order valence-corrected chi connectivity index (χ2v) is 4.63. The molecule has 1 N–H and O–H groups in total. The lowest BCUT2D eigenvalue weighted by molar-refractivity contribution is 0.318. The van der Waals surface area contributed by atoms with Crippen LogP contribution in [0.1, 0.15) is 12.8 Å². The van der Waals surface area contributed by atoms with Crippen LogP contribution in [-0.2, 0) is 4.74 Å². The molecule has 2 aromatic rings. The SMILES string of the molecule is OC1=COC(=[N+](c2ccccc2)c2ccccc2)CC1. The summed E-state index contributed by atoms with van der Waals surface area (Å²) in [6, 6.07) is 20.2. The van der Waals surface area contributed by atoms with Gasteiger partial charge in [-0.25, -0.2) is 0 Å². The number of rotatable bonds is 2. The average molecular weight is 266 g/mol. The Morgan fingerprint density at radius 1 is 0.800 bits per heavy atom. The van der Waals surface area contributed by atoms with Crippen molar-refractivity contribution in [3.05, 3.63) is 72.7 Å². The minimum Gasteiger partial charge on any atom is -0.509 e. The second-order valence-electron chi connectivity index (χ2n) is 4.63. The van der Waals surface area contributed by atoms with Crippen LogP contribution in [0.3, 0.4) is 0 Å². The van der Waals surface area contributed by atoms with Gasteiger partial charge in [-0.15, -0.1) is 4.58 Å². The minimum absolute atomic E-state index is 0.287. The molecular weight excluding hydrogens is 250 g/mol. The molecule has 0 radical (unpaired) electrons. The molecule has 2 aromatic carbocycles. The number of hydrogen-bond donors (Lipinski definition) is 1. The number of ether oxygens (including phenoxy) is 1. The topological polar surface area (TPSA) is 32.5 Å². The highest BCUT2D eigenvalue weighted by Gasteiger charge is 2.24. The van der Waals surface area contributed by atoms with Crippen molar-refractivity contribution in [3.63, 3.8) is 0 Å². The van der Waals surface area contributed by atoms with E-state index in [1.165, 1.54) is 6.26 Å². The fourth-order valence-corrected chi connectivity index (χ4v) is 2.24. The maximum Gasteiger partial charge on any atom is 0.353 e. The summed E-state index contributed by atoms with van der Waals surface area (Å²) >= 11 is 0. The van der Waals surface area contributed by atoms with E-state index in [0.29, 0.717) is 12.8 Å². The van der Waals surface area contributed by atoms with Crippen LogP contribution in [0.15, 0.2) is 72.7 Å². The lowest BCUT2D eigenvalue weighted by Crippen LogP contribution is -2.21. The summed E-state index contributed by atoms with van der Waals surface area (Å²) in [5.74, 6) is 1.11. The van der Waals surface area contributed by atoms with E-state index in [4.69, 9.17) is 4.74 Å². The number of benzene rings is 2. The van der Waals surface area contributed by atoms with Crippen molar-refractivity contribution >= 4 is 17.3 Å². The summed E-state index contributed by atoms with van der Waals surface area (Å²) in [4.78, 5) is 0. The maximum atomic E-state index is 9.45. The molecule has 0 fully saturated rings. The molecule has 0 saturated carbocycles.